The molecule has 82 valence electrons. The van der Waals surface area contributed by atoms with E-state index in [0.29, 0.717) is 17.6 Å². The summed E-state index contributed by atoms with van der Waals surface area (Å²) in [6, 6.07) is 0. The molecule has 2 aliphatic rings. The number of allylic oxidation sites excluding steroid dienone is 3. The Labute approximate surface area is 92.3 Å². The maximum atomic E-state index is 11.5. The number of rotatable bonds is 1. The van der Waals surface area contributed by atoms with E-state index in [1.807, 2.05) is 6.08 Å². The SMILES string of the molecule is C=C(C)[C@H]1CC[C@@H](C)[C@@H]2CCC(=O)C=C12. The molecule has 1 heteroatoms. The summed E-state index contributed by atoms with van der Waals surface area (Å²) in [5.74, 6) is 2.20. The fourth-order valence-corrected chi connectivity index (χ4v) is 3.13. The number of hydrogen-bond acceptors (Lipinski definition) is 1. The van der Waals surface area contributed by atoms with Gasteiger partial charge in [0.1, 0.15) is 0 Å². The Balaban J connectivity index is 2.31. The molecule has 2 rings (SSSR count). The summed E-state index contributed by atoms with van der Waals surface area (Å²) < 4.78 is 0. The van der Waals surface area contributed by atoms with Crippen LogP contribution in [0.25, 0.3) is 0 Å². The first-order valence-corrected chi connectivity index (χ1v) is 5.99. The highest BCUT2D eigenvalue weighted by Gasteiger charge is 2.35. The topological polar surface area (TPSA) is 17.1 Å². The number of carbonyl (C=O) groups is 1. The van der Waals surface area contributed by atoms with Crippen molar-refractivity contribution in [2.24, 2.45) is 17.8 Å². The molecule has 15 heavy (non-hydrogen) atoms. The van der Waals surface area contributed by atoms with E-state index >= 15 is 0 Å². The Morgan fingerprint density at radius 3 is 2.80 bits per heavy atom. The molecule has 1 fully saturated rings. The third-order valence-electron chi connectivity index (χ3n) is 4.05. The average molecular weight is 204 g/mol. The van der Waals surface area contributed by atoms with Gasteiger partial charge in [0.25, 0.3) is 0 Å². The van der Waals surface area contributed by atoms with Gasteiger partial charge in [0.05, 0.1) is 0 Å². The summed E-state index contributed by atoms with van der Waals surface area (Å²) in [4.78, 5) is 11.5. The minimum absolute atomic E-state index is 0.321. The molecule has 0 aliphatic heterocycles. The van der Waals surface area contributed by atoms with Gasteiger partial charge in [-0.15, -0.1) is 0 Å². The molecular formula is C14H20O. The maximum Gasteiger partial charge on any atom is 0.155 e. The minimum Gasteiger partial charge on any atom is -0.295 e. The molecule has 0 N–H and O–H groups in total. The molecule has 0 bridgehead atoms. The average Bonchev–Trinajstić information content (AvgIpc) is 2.17. The number of ketones is 1. The van der Waals surface area contributed by atoms with Crippen molar-refractivity contribution < 1.29 is 4.79 Å². The summed E-state index contributed by atoms with van der Waals surface area (Å²) in [6.45, 7) is 8.49. The van der Waals surface area contributed by atoms with Gasteiger partial charge >= 0.3 is 0 Å². The molecule has 0 unspecified atom stereocenters. The van der Waals surface area contributed by atoms with Gasteiger partial charge in [0.2, 0.25) is 0 Å². The van der Waals surface area contributed by atoms with E-state index < -0.39 is 0 Å². The van der Waals surface area contributed by atoms with Crippen LogP contribution >= 0.6 is 0 Å². The summed E-state index contributed by atoms with van der Waals surface area (Å²) in [5, 5.41) is 0. The van der Waals surface area contributed by atoms with Crippen molar-refractivity contribution in [2.75, 3.05) is 0 Å². The second kappa shape index (κ2) is 3.96. The van der Waals surface area contributed by atoms with Gasteiger partial charge in [-0.25, -0.2) is 0 Å². The lowest BCUT2D eigenvalue weighted by molar-refractivity contribution is -0.115. The Morgan fingerprint density at radius 2 is 2.13 bits per heavy atom. The van der Waals surface area contributed by atoms with Crippen molar-refractivity contribution in [3.63, 3.8) is 0 Å². The molecule has 0 spiro atoms. The molecule has 2 aliphatic carbocycles. The predicted molar refractivity (Wildman–Crippen MR) is 62.5 cm³/mol. The minimum atomic E-state index is 0.321. The first-order valence-electron chi connectivity index (χ1n) is 5.99. The van der Waals surface area contributed by atoms with Crippen LogP contribution in [-0.4, -0.2) is 5.78 Å². The van der Waals surface area contributed by atoms with Crippen LogP contribution < -0.4 is 0 Å². The fourth-order valence-electron chi connectivity index (χ4n) is 3.13. The van der Waals surface area contributed by atoms with Gasteiger partial charge in [0.15, 0.2) is 5.78 Å². The predicted octanol–water partition coefficient (Wildman–Crippen LogP) is 3.51. The molecule has 0 aromatic heterocycles. The Morgan fingerprint density at radius 1 is 1.40 bits per heavy atom. The molecule has 0 aromatic carbocycles. The van der Waals surface area contributed by atoms with Crippen LogP contribution in [0.5, 0.6) is 0 Å². The highest BCUT2D eigenvalue weighted by molar-refractivity contribution is 5.91. The van der Waals surface area contributed by atoms with Crippen molar-refractivity contribution >= 4 is 5.78 Å². The summed E-state index contributed by atoms with van der Waals surface area (Å²) >= 11 is 0. The molecule has 0 radical (unpaired) electrons. The van der Waals surface area contributed by atoms with Gasteiger partial charge in [0, 0.05) is 12.3 Å². The summed E-state index contributed by atoms with van der Waals surface area (Å²) in [5.41, 5.74) is 2.62. The van der Waals surface area contributed by atoms with E-state index in [4.69, 9.17) is 0 Å². The maximum absolute atomic E-state index is 11.5. The normalized spacial score (nSPS) is 35.7. The molecular weight excluding hydrogens is 184 g/mol. The summed E-state index contributed by atoms with van der Waals surface area (Å²) in [6.07, 6.45) is 6.21. The van der Waals surface area contributed by atoms with Gasteiger partial charge in [-0.05, 0) is 44.1 Å². The van der Waals surface area contributed by atoms with Crippen molar-refractivity contribution in [1.82, 2.24) is 0 Å². The number of hydrogen-bond donors (Lipinski definition) is 0. The van der Waals surface area contributed by atoms with Crippen molar-refractivity contribution in [2.45, 2.75) is 39.5 Å². The number of carbonyl (C=O) groups excluding carboxylic acids is 1. The zero-order chi connectivity index (χ0) is 11.0. The van der Waals surface area contributed by atoms with Crippen LogP contribution in [0.2, 0.25) is 0 Å². The first-order chi connectivity index (χ1) is 7.09. The Kier molecular flexibility index (Phi) is 2.81. The largest absolute Gasteiger partial charge is 0.295 e. The van der Waals surface area contributed by atoms with Gasteiger partial charge < -0.3 is 0 Å². The smallest absolute Gasteiger partial charge is 0.155 e. The van der Waals surface area contributed by atoms with Gasteiger partial charge in [-0.1, -0.05) is 24.6 Å². The van der Waals surface area contributed by atoms with Crippen LogP contribution in [0.15, 0.2) is 23.8 Å². The lowest BCUT2D eigenvalue weighted by atomic mass is 9.65. The van der Waals surface area contributed by atoms with E-state index in [0.717, 1.165) is 18.8 Å². The molecule has 0 heterocycles. The lowest BCUT2D eigenvalue weighted by Gasteiger charge is -2.39. The Bertz CT molecular complexity index is 324. The van der Waals surface area contributed by atoms with E-state index in [9.17, 15) is 4.79 Å². The van der Waals surface area contributed by atoms with Crippen LogP contribution in [0, 0.1) is 17.8 Å². The van der Waals surface area contributed by atoms with Crippen molar-refractivity contribution in [3.05, 3.63) is 23.8 Å². The van der Waals surface area contributed by atoms with Crippen LogP contribution in [0.1, 0.15) is 39.5 Å². The molecule has 3 atom stereocenters. The zero-order valence-corrected chi connectivity index (χ0v) is 9.75. The fraction of sp³-hybridized carbons (Fsp3) is 0.643. The third kappa shape index (κ3) is 1.92. The van der Waals surface area contributed by atoms with Crippen molar-refractivity contribution in [3.8, 4) is 0 Å². The quantitative estimate of drug-likeness (QED) is 0.597. The molecule has 0 aromatic rings. The third-order valence-corrected chi connectivity index (χ3v) is 4.05. The van der Waals surface area contributed by atoms with Crippen LogP contribution in [-0.2, 0) is 4.79 Å². The number of fused-ring (bicyclic) bond motifs is 1. The highest BCUT2D eigenvalue weighted by atomic mass is 16.1. The van der Waals surface area contributed by atoms with E-state index in [1.165, 1.54) is 24.0 Å². The van der Waals surface area contributed by atoms with E-state index in [1.54, 1.807) is 0 Å². The molecule has 1 nitrogen and oxygen atoms in total. The van der Waals surface area contributed by atoms with Gasteiger partial charge in [-0.3, -0.25) is 4.79 Å². The van der Waals surface area contributed by atoms with Crippen molar-refractivity contribution in [1.29, 1.82) is 0 Å². The van der Waals surface area contributed by atoms with E-state index in [2.05, 4.69) is 20.4 Å². The van der Waals surface area contributed by atoms with Crippen LogP contribution in [0.3, 0.4) is 0 Å². The standard InChI is InChI=1S/C14H20O/c1-9(2)12-6-4-10(3)13-7-5-11(15)8-14(12)13/h8,10,12-13H,1,4-7H2,2-3H3/t10-,12-,13+/m1/s1. The molecule has 1 saturated carbocycles. The molecule has 0 saturated heterocycles. The van der Waals surface area contributed by atoms with Crippen LogP contribution in [0.4, 0.5) is 0 Å². The monoisotopic (exact) mass is 204 g/mol. The van der Waals surface area contributed by atoms with Gasteiger partial charge in [-0.2, -0.15) is 0 Å². The summed E-state index contributed by atoms with van der Waals surface area (Å²) in [7, 11) is 0. The first kappa shape index (κ1) is 10.7. The van der Waals surface area contributed by atoms with E-state index in [-0.39, 0.29) is 0 Å². The zero-order valence-electron chi connectivity index (χ0n) is 9.75. The molecule has 0 amide bonds. The second-order valence-corrected chi connectivity index (χ2v) is 5.21. The lowest BCUT2D eigenvalue weighted by Crippen LogP contribution is -2.30. The highest BCUT2D eigenvalue weighted by Crippen LogP contribution is 2.44. The second-order valence-electron chi connectivity index (χ2n) is 5.21. The Hall–Kier alpha value is -0.850.